The van der Waals surface area contributed by atoms with Crippen molar-refractivity contribution >= 4 is 24.8 Å². The summed E-state index contributed by atoms with van der Waals surface area (Å²) in [5.41, 5.74) is 1.21. The Morgan fingerprint density at radius 1 is 1.38 bits per heavy atom. The van der Waals surface area contributed by atoms with Crippen LogP contribution in [-0.2, 0) is 18.3 Å². The summed E-state index contributed by atoms with van der Waals surface area (Å²) in [6.07, 6.45) is 2.99. The molecule has 2 saturated heterocycles. The highest BCUT2D eigenvalue weighted by Crippen LogP contribution is 2.52. The zero-order chi connectivity index (χ0) is 16.5. The Labute approximate surface area is 134 Å². The third-order valence-electron chi connectivity index (χ3n) is 4.16. The second-order valence-electron chi connectivity index (χ2n) is 5.63. The third-order valence-corrected chi connectivity index (χ3v) is 5.15. The molecule has 2 N–H and O–H groups in total. The number of phosphoric ester groups is 1. The van der Waals surface area contributed by atoms with Crippen LogP contribution in [0.3, 0.4) is 0 Å². The van der Waals surface area contributed by atoms with Crippen molar-refractivity contribution in [2.45, 2.75) is 24.5 Å². The number of fused-ring (bicyclic) bond motifs is 4. The normalized spacial score (nSPS) is 36.4. The van der Waals surface area contributed by atoms with E-state index in [4.69, 9.17) is 13.8 Å². The van der Waals surface area contributed by atoms with Crippen LogP contribution in [0.15, 0.2) is 24.9 Å². The van der Waals surface area contributed by atoms with Gasteiger partial charge in [0, 0.05) is 18.6 Å². The number of imidazole rings is 2. The zero-order valence-electron chi connectivity index (χ0n) is 12.0. The summed E-state index contributed by atoms with van der Waals surface area (Å²) >= 11 is 0. The predicted octanol–water partition coefficient (Wildman–Crippen LogP) is -0.147. The van der Waals surface area contributed by atoms with E-state index in [2.05, 4.69) is 15.0 Å². The molecule has 2 aliphatic rings. The fourth-order valence-corrected chi connectivity index (χ4v) is 4.02. The van der Waals surface area contributed by atoms with E-state index in [0.29, 0.717) is 16.9 Å². The molecule has 0 saturated carbocycles. The average Bonchev–Trinajstić information content (AvgIpc) is 3.20. The molecule has 0 aromatic carbocycles. The molecule has 0 aliphatic carbocycles. The van der Waals surface area contributed by atoms with E-state index in [9.17, 15) is 14.6 Å². The van der Waals surface area contributed by atoms with E-state index in [1.165, 1.54) is 6.33 Å². The number of hydrogen-bond donors (Lipinski definition) is 2. The molecule has 5 atom stereocenters. The summed E-state index contributed by atoms with van der Waals surface area (Å²) in [6.45, 7) is -0.133. The average molecular weight is 353 g/mol. The second-order valence-corrected chi connectivity index (χ2v) is 7.03. The third kappa shape index (κ3) is 2.04. The molecule has 0 bridgehead atoms. The van der Waals surface area contributed by atoms with Crippen molar-refractivity contribution in [2.24, 2.45) is 0 Å². The van der Waals surface area contributed by atoms with Crippen LogP contribution in [0.2, 0.25) is 0 Å². The molecule has 0 radical (unpaired) electrons. The number of nitrogens with zero attached hydrogens (tertiary/aromatic N) is 5. The minimum absolute atomic E-state index is 0.133. The molecule has 0 amide bonds. The summed E-state index contributed by atoms with van der Waals surface area (Å²) < 4.78 is 30.2. The first-order valence-electron chi connectivity index (χ1n) is 7.17. The number of phosphoric acid groups is 1. The first kappa shape index (κ1) is 14.5. The van der Waals surface area contributed by atoms with E-state index >= 15 is 0 Å². The Balaban J connectivity index is 1.54. The van der Waals surface area contributed by atoms with Gasteiger partial charge in [-0.1, -0.05) is 0 Å². The summed E-state index contributed by atoms with van der Waals surface area (Å²) in [4.78, 5) is 22.0. The van der Waals surface area contributed by atoms with Crippen LogP contribution in [0.4, 0.5) is 0 Å². The van der Waals surface area contributed by atoms with Gasteiger partial charge in [0.25, 0.3) is 0 Å². The lowest BCUT2D eigenvalue weighted by Gasteiger charge is -2.27. The summed E-state index contributed by atoms with van der Waals surface area (Å²) in [5, 5.41) is 10.4. The summed E-state index contributed by atoms with van der Waals surface area (Å²) in [5.74, 6) is 0.523. The highest BCUT2D eigenvalue weighted by atomic mass is 31.2. The zero-order valence-corrected chi connectivity index (χ0v) is 12.9. The van der Waals surface area contributed by atoms with Gasteiger partial charge < -0.3 is 19.3 Å². The number of hydrogen-bond acceptors (Lipinski definition) is 8. The lowest BCUT2D eigenvalue weighted by Crippen LogP contribution is -2.39. The Hall–Kier alpha value is -1.88. The second kappa shape index (κ2) is 4.82. The first-order chi connectivity index (χ1) is 11.5. The monoisotopic (exact) mass is 353 g/mol. The van der Waals surface area contributed by atoms with E-state index in [-0.39, 0.29) is 6.61 Å². The largest absolute Gasteiger partial charge is 0.472 e. The Kier molecular flexibility index (Phi) is 2.90. The fraction of sp³-hybridized carbons (Fsp3) is 0.417. The van der Waals surface area contributed by atoms with Gasteiger partial charge in [0.15, 0.2) is 11.9 Å². The lowest BCUT2D eigenvalue weighted by molar-refractivity contribution is -0.0675. The van der Waals surface area contributed by atoms with Gasteiger partial charge in [0.2, 0.25) is 5.78 Å². The van der Waals surface area contributed by atoms with Crippen molar-refractivity contribution in [3.8, 4) is 0 Å². The Bertz CT molecular complexity index is 987. The van der Waals surface area contributed by atoms with Crippen molar-refractivity contribution in [1.82, 2.24) is 23.9 Å². The van der Waals surface area contributed by atoms with Crippen LogP contribution in [0.1, 0.15) is 6.23 Å². The van der Waals surface area contributed by atoms with Gasteiger partial charge in [0.05, 0.1) is 12.9 Å². The van der Waals surface area contributed by atoms with Crippen molar-refractivity contribution in [3.63, 3.8) is 0 Å². The van der Waals surface area contributed by atoms with Crippen LogP contribution in [-0.4, -0.2) is 58.8 Å². The van der Waals surface area contributed by atoms with Crippen LogP contribution in [0.5, 0.6) is 0 Å². The molecule has 5 rings (SSSR count). The lowest BCUT2D eigenvalue weighted by atomic mass is 10.1. The number of aliphatic hydroxyl groups is 1. The highest BCUT2D eigenvalue weighted by molar-refractivity contribution is 7.47. The van der Waals surface area contributed by atoms with Gasteiger partial charge >= 0.3 is 7.82 Å². The molecule has 11 nitrogen and oxygen atoms in total. The Morgan fingerprint density at radius 2 is 2.25 bits per heavy atom. The highest BCUT2D eigenvalue weighted by Gasteiger charge is 2.52. The molecule has 2 aliphatic heterocycles. The van der Waals surface area contributed by atoms with Gasteiger partial charge in [-0.3, -0.25) is 13.4 Å². The molecule has 24 heavy (non-hydrogen) atoms. The molecular formula is C12H12N5O6P. The van der Waals surface area contributed by atoms with Crippen LogP contribution < -0.4 is 0 Å². The van der Waals surface area contributed by atoms with Gasteiger partial charge in [-0.15, -0.1) is 0 Å². The van der Waals surface area contributed by atoms with Gasteiger partial charge in [-0.05, 0) is 0 Å². The summed E-state index contributed by atoms with van der Waals surface area (Å²) in [6, 6.07) is 0. The predicted molar refractivity (Wildman–Crippen MR) is 76.8 cm³/mol. The topological polar surface area (TPSA) is 133 Å². The minimum atomic E-state index is -4.15. The molecule has 12 heteroatoms. The molecular weight excluding hydrogens is 341 g/mol. The standard InChI is InChI=1S/C12H12N5O6P/c18-8-9-7(4-21-24(19,20)23-9)22-11(8)16-3-6-10(14-5-16)15-12-13-1-2-17(6)12/h1-3,5,7-9,11,18H,4H2,(H,19,20)/t7-,8-,9-,11-/m1/s1. The maximum atomic E-state index is 11.5. The van der Waals surface area contributed by atoms with Gasteiger partial charge in [0.1, 0.15) is 23.8 Å². The molecule has 3 aromatic heterocycles. The smallest absolute Gasteiger partial charge is 0.386 e. The van der Waals surface area contributed by atoms with E-state index in [1.807, 2.05) is 0 Å². The van der Waals surface area contributed by atoms with Crippen molar-refractivity contribution in [1.29, 1.82) is 0 Å². The first-order valence-corrected chi connectivity index (χ1v) is 8.67. The quantitative estimate of drug-likeness (QED) is 0.573. The van der Waals surface area contributed by atoms with Gasteiger partial charge in [-0.25, -0.2) is 14.5 Å². The number of rotatable bonds is 1. The van der Waals surface area contributed by atoms with Crippen LogP contribution >= 0.6 is 7.82 Å². The van der Waals surface area contributed by atoms with E-state index in [1.54, 1.807) is 27.6 Å². The SMILES string of the molecule is O=P1(O)OC[C@H]2O[C@@H](n3cnc4nc5nccn5c4c3)[C@H](O)[C@@H]2O1. The van der Waals surface area contributed by atoms with Crippen LogP contribution in [0, 0.1) is 0 Å². The van der Waals surface area contributed by atoms with Crippen molar-refractivity contribution in [3.05, 3.63) is 24.9 Å². The molecule has 126 valence electrons. The van der Waals surface area contributed by atoms with Crippen molar-refractivity contribution < 1.29 is 28.3 Å². The maximum absolute atomic E-state index is 11.5. The van der Waals surface area contributed by atoms with Crippen molar-refractivity contribution in [2.75, 3.05) is 6.61 Å². The number of ether oxygens (including phenoxy) is 1. The number of aliphatic hydroxyl groups excluding tert-OH is 1. The fourth-order valence-electron chi connectivity index (χ4n) is 3.06. The van der Waals surface area contributed by atoms with Gasteiger partial charge in [-0.2, -0.15) is 4.98 Å². The molecule has 3 aromatic rings. The Morgan fingerprint density at radius 3 is 3.12 bits per heavy atom. The minimum Gasteiger partial charge on any atom is -0.386 e. The van der Waals surface area contributed by atoms with E-state index in [0.717, 1.165) is 0 Å². The molecule has 5 heterocycles. The van der Waals surface area contributed by atoms with Crippen LogP contribution in [0.25, 0.3) is 16.9 Å². The molecule has 0 spiro atoms. The summed E-state index contributed by atoms with van der Waals surface area (Å²) in [7, 11) is -4.15. The molecule has 1 unspecified atom stereocenters. The number of aromatic nitrogens is 5. The maximum Gasteiger partial charge on any atom is 0.472 e. The van der Waals surface area contributed by atoms with E-state index < -0.39 is 32.4 Å². The molecule has 2 fully saturated rings.